The first-order valence-electron chi connectivity index (χ1n) is 8.09. The van der Waals surface area contributed by atoms with Gasteiger partial charge in [0.25, 0.3) is 0 Å². The number of aliphatic hydroxyl groups excluding tert-OH is 1. The lowest BCUT2D eigenvalue weighted by Crippen LogP contribution is -2.13. The fourth-order valence-corrected chi connectivity index (χ4v) is 2.52. The second kappa shape index (κ2) is 7.27. The number of amides is 1. The Hall–Kier alpha value is -2.99. The fourth-order valence-electron chi connectivity index (χ4n) is 2.52. The summed E-state index contributed by atoms with van der Waals surface area (Å²) in [7, 11) is 0. The third kappa shape index (κ3) is 4.10. The molecule has 0 radical (unpaired) electrons. The average molecular weight is 337 g/mol. The molecule has 128 valence electrons. The standard InChI is InChI=1S/C19H19N3O3/c1-12(23)19-21-15-8-7-14(11-16(15)22-19)20-18(25)10-9-17(24)13-5-3-2-4-6-13/h2-8,11-12,23H,9-10H2,1H3,(H,20,25)(H,21,22). The number of rotatable bonds is 6. The van der Waals surface area contributed by atoms with Crippen molar-refractivity contribution >= 4 is 28.4 Å². The third-order valence-electron chi connectivity index (χ3n) is 3.85. The van der Waals surface area contributed by atoms with Crippen LogP contribution in [0.5, 0.6) is 0 Å². The lowest BCUT2D eigenvalue weighted by atomic mass is 10.1. The van der Waals surface area contributed by atoms with E-state index in [9.17, 15) is 14.7 Å². The van der Waals surface area contributed by atoms with Gasteiger partial charge in [0.2, 0.25) is 5.91 Å². The van der Waals surface area contributed by atoms with Crippen molar-refractivity contribution < 1.29 is 14.7 Å². The molecular formula is C19H19N3O3. The Kier molecular flexibility index (Phi) is 4.90. The minimum absolute atomic E-state index is 0.0543. The molecule has 2 aromatic carbocycles. The van der Waals surface area contributed by atoms with Crippen molar-refractivity contribution in [2.75, 3.05) is 5.32 Å². The molecule has 1 aromatic heterocycles. The molecule has 0 saturated heterocycles. The normalized spacial score (nSPS) is 12.1. The number of ketones is 1. The van der Waals surface area contributed by atoms with E-state index in [1.807, 2.05) is 6.07 Å². The van der Waals surface area contributed by atoms with Crippen molar-refractivity contribution in [3.63, 3.8) is 0 Å². The first-order valence-corrected chi connectivity index (χ1v) is 8.09. The number of carbonyl (C=O) groups is 2. The van der Waals surface area contributed by atoms with Crippen LogP contribution in [0.25, 0.3) is 11.0 Å². The van der Waals surface area contributed by atoms with E-state index in [1.165, 1.54) is 0 Å². The third-order valence-corrected chi connectivity index (χ3v) is 3.85. The summed E-state index contributed by atoms with van der Waals surface area (Å²) in [6.07, 6.45) is -0.406. The minimum Gasteiger partial charge on any atom is -0.385 e. The molecule has 1 heterocycles. The lowest BCUT2D eigenvalue weighted by molar-refractivity contribution is -0.116. The molecule has 0 aliphatic heterocycles. The summed E-state index contributed by atoms with van der Waals surface area (Å²) in [5, 5.41) is 12.3. The molecule has 0 aliphatic carbocycles. The Bertz CT molecular complexity index is 901. The predicted octanol–water partition coefficient (Wildman–Crippen LogP) is 3.22. The van der Waals surface area contributed by atoms with Gasteiger partial charge in [-0.2, -0.15) is 0 Å². The topological polar surface area (TPSA) is 95.1 Å². The number of aromatic amines is 1. The molecule has 0 fully saturated rings. The number of imidazole rings is 1. The van der Waals surface area contributed by atoms with Crippen molar-refractivity contribution in [2.24, 2.45) is 0 Å². The number of hydrogen-bond acceptors (Lipinski definition) is 4. The molecule has 0 aliphatic rings. The summed E-state index contributed by atoms with van der Waals surface area (Å²) < 4.78 is 0. The van der Waals surface area contributed by atoms with Gasteiger partial charge >= 0.3 is 0 Å². The van der Waals surface area contributed by atoms with Gasteiger partial charge in [-0.3, -0.25) is 9.59 Å². The van der Waals surface area contributed by atoms with Crippen LogP contribution in [0.15, 0.2) is 48.5 Å². The van der Waals surface area contributed by atoms with Crippen LogP contribution >= 0.6 is 0 Å². The van der Waals surface area contributed by atoms with Gasteiger partial charge in [-0.05, 0) is 25.1 Å². The summed E-state index contributed by atoms with van der Waals surface area (Å²) in [5.74, 6) is 0.201. The van der Waals surface area contributed by atoms with Crippen molar-refractivity contribution in [3.8, 4) is 0 Å². The molecule has 6 nitrogen and oxygen atoms in total. The number of aliphatic hydroxyl groups is 1. The van der Waals surface area contributed by atoms with Crippen molar-refractivity contribution in [2.45, 2.75) is 25.9 Å². The van der Waals surface area contributed by atoms with Gasteiger partial charge in [0.1, 0.15) is 11.9 Å². The number of hydrogen-bond donors (Lipinski definition) is 3. The quantitative estimate of drug-likeness (QED) is 0.602. The Balaban J connectivity index is 1.61. The lowest BCUT2D eigenvalue weighted by Gasteiger charge is -2.05. The fraction of sp³-hybridized carbons (Fsp3) is 0.211. The minimum atomic E-state index is -0.686. The van der Waals surface area contributed by atoms with Crippen LogP contribution in [-0.2, 0) is 4.79 Å². The van der Waals surface area contributed by atoms with E-state index in [0.29, 0.717) is 22.6 Å². The highest BCUT2D eigenvalue weighted by Crippen LogP contribution is 2.20. The molecule has 0 spiro atoms. The Morgan fingerprint density at radius 1 is 1.16 bits per heavy atom. The van der Waals surface area contributed by atoms with Crippen LogP contribution in [0.3, 0.4) is 0 Å². The first-order chi connectivity index (χ1) is 12.0. The summed E-state index contributed by atoms with van der Waals surface area (Å²) in [5.41, 5.74) is 2.67. The molecule has 3 rings (SSSR count). The molecule has 6 heteroatoms. The number of aromatic nitrogens is 2. The molecule has 1 atom stereocenters. The van der Waals surface area contributed by atoms with Gasteiger partial charge in [0.15, 0.2) is 5.78 Å². The molecule has 0 bridgehead atoms. The zero-order chi connectivity index (χ0) is 17.8. The smallest absolute Gasteiger partial charge is 0.224 e. The van der Waals surface area contributed by atoms with Gasteiger partial charge < -0.3 is 15.4 Å². The highest BCUT2D eigenvalue weighted by atomic mass is 16.3. The maximum Gasteiger partial charge on any atom is 0.224 e. The van der Waals surface area contributed by atoms with E-state index in [1.54, 1.807) is 49.4 Å². The molecule has 3 N–H and O–H groups in total. The molecule has 3 aromatic rings. The number of anilines is 1. The zero-order valence-corrected chi connectivity index (χ0v) is 13.8. The molecule has 1 unspecified atom stereocenters. The van der Waals surface area contributed by atoms with Crippen LogP contribution in [0, 0.1) is 0 Å². The Morgan fingerprint density at radius 2 is 1.92 bits per heavy atom. The van der Waals surface area contributed by atoms with Crippen LogP contribution in [0.1, 0.15) is 42.1 Å². The number of fused-ring (bicyclic) bond motifs is 1. The molecular weight excluding hydrogens is 318 g/mol. The number of benzene rings is 2. The summed E-state index contributed by atoms with van der Waals surface area (Å²) in [6.45, 7) is 1.63. The summed E-state index contributed by atoms with van der Waals surface area (Å²) in [4.78, 5) is 31.4. The van der Waals surface area contributed by atoms with Gasteiger partial charge in [-0.15, -0.1) is 0 Å². The van der Waals surface area contributed by atoms with Gasteiger partial charge in [-0.25, -0.2) is 4.98 Å². The average Bonchev–Trinajstić information content (AvgIpc) is 3.04. The number of H-pyrrole nitrogens is 1. The van der Waals surface area contributed by atoms with E-state index in [4.69, 9.17) is 0 Å². The largest absolute Gasteiger partial charge is 0.385 e. The second-order valence-electron chi connectivity index (χ2n) is 5.87. The molecule has 25 heavy (non-hydrogen) atoms. The molecule has 0 saturated carbocycles. The van der Waals surface area contributed by atoms with E-state index < -0.39 is 6.10 Å². The number of carbonyl (C=O) groups excluding carboxylic acids is 2. The van der Waals surface area contributed by atoms with Gasteiger partial charge in [-0.1, -0.05) is 30.3 Å². The van der Waals surface area contributed by atoms with E-state index in [-0.39, 0.29) is 24.5 Å². The highest BCUT2D eigenvalue weighted by molar-refractivity contribution is 6.00. The maximum absolute atomic E-state index is 12.1. The van der Waals surface area contributed by atoms with Crippen LogP contribution < -0.4 is 5.32 Å². The summed E-state index contributed by atoms with van der Waals surface area (Å²) >= 11 is 0. The van der Waals surface area contributed by atoms with Crippen molar-refractivity contribution in [3.05, 3.63) is 59.9 Å². The number of Topliss-reactive ketones (excluding diaryl/α,β-unsaturated/α-hetero) is 1. The van der Waals surface area contributed by atoms with Crippen LogP contribution in [-0.4, -0.2) is 26.8 Å². The van der Waals surface area contributed by atoms with Gasteiger partial charge in [0.05, 0.1) is 11.0 Å². The zero-order valence-electron chi connectivity index (χ0n) is 13.8. The first kappa shape index (κ1) is 16.9. The van der Waals surface area contributed by atoms with E-state index in [0.717, 1.165) is 5.52 Å². The van der Waals surface area contributed by atoms with Crippen LogP contribution in [0.4, 0.5) is 5.69 Å². The van der Waals surface area contributed by atoms with E-state index >= 15 is 0 Å². The van der Waals surface area contributed by atoms with Crippen molar-refractivity contribution in [1.82, 2.24) is 9.97 Å². The Morgan fingerprint density at radius 3 is 2.64 bits per heavy atom. The predicted molar refractivity (Wildman–Crippen MR) is 95.4 cm³/mol. The van der Waals surface area contributed by atoms with Gasteiger partial charge in [0, 0.05) is 24.1 Å². The highest BCUT2D eigenvalue weighted by Gasteiger charge is 2.11. The number of nitrogens with zero attached hydrogens (tertiary/aromatic N) is 1. The number of nitrogens with one attached hydrogen (secondary N) is 2. The maximum atomic E-state index is 12.1. The summed E-state index contributed by atoms with van der Waals surface area (Å²) in [6, 6.07) is 14.2. The van der Waals surface area contributed by atoms with E-state index in [2.05, 4.69) is 15.3 Å². The monoisotopic (exact) mass is 337 g/mol. The molecule has 1 amide bonds. The second-order valence-corrected chi connectivity index (χ2v) is 5.87. The van der Waals surface area contributed by atoms with Crippen molar-refractivity contribution in [1.29, 1.82) is 0 Å². The SMILES string of the molecule is CC(O)c1nc2ccc(NC(=O)CCC(=O)c3ccccc3)cc2[nH]1. The van der Waals surface area contributed by atoms with Crippen LogP contribution in [0.2, 0.25) is 0 Å². The Labute approximate surface area is 144 Å².